The third kappa shape index (κ3) is 6.09. The third-order valence-corrected chi connectivity index (χ3v) is 8.08. The molecule has 0 saturated carbocycles. The number of halogens is 3. The number of hydrogen-bond donors (Lipinski definition) is 2. The summed E-state index contributed by atoms with van der Waals surface area (Å²) in [5.41, 5.74) is 3.08. The number of aromatic nitrogens is 2. The topological polar surface area (TPSA) is 119 Å². The number of benzene rings is 2. The second-order valence-electron chi connectivity index (χ2n) is 10.6. The monoisotopic (exact) mass is 590 g/mol. The molecular weight excluding hydrogens is 561 g/mol. The van der Waals surface area contributed by atoms with Crippen LogP contribution in [0.4, 0.5) is 19.0 Å². The number of ether oxygens (including phenoxy) is 1. The van der Waals surface area contributed by atoms with Gasteiger partial charge in [-0.1, -0.05) is 24.3 Å². The van der Waals surface area contributed by atoms with Crippen molar-refractivity contribution >= 4 is 27.5 Å². The second-order valence-corrected chi connectivity index (χ2v) is 12.7. The Labute approximate surface area is 235 Å². The largest absolute Gasteiger partial charge is 0.494 e. The number of alkyl halides is 3. The number of hydrogen-bond acceptors (Lipinski definition) is 6. The fourth-order valence-electron chi connectivity index (χ4n) is 5.52. The number of fused-ring (bicyclic) bond motifs is 3. The van der Waals surface area contributed by atoms with E-state index in [0.29, 0.717) is 36.4 Å². The maximum atomic E-state index is 13.6. The molecule has 2 aliphatic rings. The van der Waals surface area contributed by atoms with Gasteiger partial charge >= 0.3 is 6.18 Å². The van der Waals surface area contributed by atoms with Gasteiger partial charge in [0.2, 0.25) is 5.91 Å². The summed E-state index contributed by atoms with van der Waals surface area (Å²) in [5.74, 6) is -1.44. The first kappa shape index (κ1) is 28.7. The van der Waals surface area contributed by atoms with Gasteiger partial charge < -0.3 is 15.4 Å². The molecule has 1 atom stereocenters. The Morgan fingerprint density at radius 3 is 2.68 bits per heavy atom. The molecule has 2 N–H and O–H groups in total. The lowest BCUT2D eigenvalue weighted by Crippen LogP contribution is -2.49. The van der Waals surface area contributed by atoms with E-state index in [1.54, 1.807) is 24.3 Å². The van der Waals surface area contributed by atoms with Gasteiger partial charge in [-0.15, -0.1) is 0 Å². The highest BCUT2D eigenvalue weighted by Gasteiger charge is 2.47. The number of carbonyl (C=O) groups excluding carboxylic acids is 2. The van der Waals surface area contributed by atoms with Crippen LogP contribution in [-0.4, -0.2) is 54.8 Å². The van der Waals surface area contributed by atoms with Crippen molar-refractivity contribution in [3.63, 3.8) is 0 Å². The van der Waals surface area contributed by atoms with E-state index in [2.05, 4.69) is 10.6 Å². The number of amides is 2. The molecule has 0 radical (unpaired) electrons. The highest BCUT2D eigenvalue weighted by molar-refractivity contribution is 7.91. The van der Waals surface area contributed by atoms with E-state index in [4.69, 9.17) is 9.84 Å². The summed E-state index contributed by atoms with van der Waals surface area (Å²) in [6.45, 7) is 1.80. The number of para-hydroxylation sites is 1. The molecule has 218 valence electrons. The Bertz CT molecular complexity index is 1630. The SMILES string of the molecule is Cc1ccccc1-n1nc2c(c1NC(=O)CS(C)(=O)=O)C(=O)N[C@@]1(CCc3cc(OCCCC(F)(F)F)ccc31)C2. The van der Waals surface area contributed by atoms with Gasteiger partial charge in [-0.05, 0) is 61.1 Å². The molecule has 0 bridgehead atoms. The molecule has 9 nitrogen and oxygen atoms in total. The van der Waals surface area contributed by atoms with Crippen molar-refractivity contribution in [3.8, 4) is 11.4 Å². The van der Waals surface area contributed by atoms with Crippen LogP contribution in [0.3, 0.4) is 0 Å². The fraction of sp³-hybridized carbons (Fsp3) is 0.393. The average Bonchev–Trinajstić information content (AvgIpc) is 3.38. The molecule has 2 amide bonds. The Morgan fingerprint density at radius 1 is 1.22 bits per heavy atom. The first-order valence-corrected chi connectivity index (χ1v) is 15.1. The van der Waals surface area contributed by atoms with Crippen LogP contribution in [0.2, 0.25) is 0 Å². The summed E-state index contributed by atoms with van der Waals surface area (Å²) in [6.07, 6.45) is -2.83. The molecule has 5 rings (SSSR count). The van der Waals surface area contributed by atoms with Gasteiger partial charge in [0.15, 0.2) is 9.84 Å². The fourth-order valence-corrected chi connectivity index (χ4v) is 6.07. The molecule has 13 heteroatoms. The van der Waals surface area contributed by atoms with E-state index >= 15 is 0 Å². The first-order chi connectivity index (χ1) is 19.2. The minimum Gasteiger partial charge on any atom is -0.494 e. The molecule has 2 aromatic carbocycles. The maximum Gasteiger partial charge on any atom is 0.389 e. The van der Waals surface area contributed by atoms with Crippen molar-refractivity contribution in [2.24, 2.45) is 0 Å². The van der Waals surface area contributed by atoms with Crippen LogP contribution in [-0.2, 0) is 33.0 Å². The highest BCUT2D eigenvalue weighted by Crippen LogP contribution is 2.44. The molecular formula is C28H29F3N4O5S. The number of nitrogens with zero attached hydrogens (tertiary/aromatic N) is 2. The van der Waals surface area contributed by atoms with Crippen LogP contribution in [0.25, 0.3) is 5.69 Å². The number of carbonyl (C=O) groups is 2. The normalized spacial score (nSPS) is 18.1. The van der Waals surface area contributed by atoms with Crippen molar-refractivity contribution in [3.05, 3.63) is 70.4 Å². The molecule has 0 unspecified atom stereocenters. The van der Waals surface area contributed by atoms with E-state index in [1.165, 1.54) is 4.68 Å². The molecule has 1 aliphatic carbocycles. The smallest absolute Gasteiger partial charge is 0.389 e. The number of rotatable bonds is 8. The Hall–Kier alpha value is -3.87. The first-order valence-electron chi connectivity index (χ1n) is 13.1. The van der Waals surface area contributed by atoms with E-state index in [-0.39, 0.29) is 24.4 Å². The van der Waals surface area contributed by atoms with E-state index < -0.39 is 45.5 Å². The lowest BCUT2D eigenvalue weighted by molar-refractivity contribution is -0.136. The molecule has 2 heterocycles. The molecule has 1 spiro atoms. The maximum absolute atomic E-state index is 13.6. The third-order valence-electron chi connectivity index (χ3n) is 7.29. The van der Waals surface area contributed by atoms with Crippen molar-refractivity contribution in [2.75, 3.05) is 23.9 Å². The quantitative estimate of drug-likeness (QED) is 0.383. The van der Waals surface area contributed by atoms with E-state index in [1.807, 2.05) is 25.1 Å². The summed E-state index contributed by atoms with van der Waals surface area (Å²) in [7, 11) is -3.62. The number of sulfone groups is 1. The standard InChI is InChI=1S/C28H29F3N4O5S/c1-17-6-3-4-7-22(17)35-25(32-23(36)16-41(2,38)39)24-21(34-35)15-27(33-26(24)37)12-10-18-14-19(8-9-20(18)27)40-13-5-11-28(29,30)31/h3-4,6-9,14H,5,10-13,15-16H2,1-2H3,(H,32,36)(H,33,37)/t27-/m0/s1. The van der Waals surface area contributed by atoms with Crippen LogP contribution < -0.4 is 15.4 Å². The number of nitrogens with one attached hydrogen (secondary N) is 2. The van der Waals surface area contributed by atoms with Crippen molar-refractivity contribution < 1.29 is 35.9 Å². The van der Waals surface area contributed by atoms with Crippen LogP contribution in [0.15, 0.2) is 42.5 Å². The highest BCUT2D eigenvalue weighted by atomic mass is 32.2. The van der Waals surface area contributed by atoms with Gasteiger partial charge in [0.25, 0.3) is 5.91 Å². The van der Waals surface area contributed by atoms with Gasteiger partial charge in [-0.2, -0.15) is 18.3 Å². The minimum atomic E-state index is -4.23. The minimum absolute atomic E-state index is 0.0618. The van der Waals surface area contributed by atoms with Crippen molar-refractivity contribution in [1.82, 2.24) is 15.1 Å². The molecule has 1 aromatic heterocycles. The summed E-state index contributed by atoms with van der Waals surface area (Å²) in [5, 5.41) is 10.4. The Morgan fingerprint density at radius 2 is 1.98 bits per heavy atom. The Kier molecular flexibility index (Phi) is 7.35. The summed E-state index contributed by atoms with van der Waals surface area (Å²) in [4.78, 5) is 26.3. The molecule has 0 saturated heterocycles. The van der Waals surface area contributed by atoms with Crippen LogP contribution in [0.5, 0.6) is 5.75 Å². The van der Waals surface area contributed by atoms with E-state index in [9.17, 15) is 31.2 Å². The molecule has 0 fully saturated rings. The summed E-state index contributed by atoms with van der Waals surface area (Å²) >= 11 is 0. The van der Waals surface area contributed by atoms with Crippen molar-refractivity contribution in [1.29, 1.82) is 0 Å². The van der Waals surface area contributed by atoms with Gasteiger partial charge in [0.05, 0.1) is 23.5 Å². The van der Waals surface area contributed by atoms with Crippen LogP contribution in [0, 0.1) is 6.92 Å². The summed E-state index contributed by atoms with van der Waals surface area (Å²) in [6, 6.07) is 12.6. The zero-order valence-electron chi connectivity index (χ0n) is 22.5. The lowest BCUT2D eigenvalue weighted by Gasteiger charge is -2.35. The number of anilines is 1. The second kappa shape index (κ2) is 10.5. The lowest BCUT2D eigenvalue weighted by atomic mass is 9.82. The Balaban J connectivity index is 1.46. The predicted molar refractivity (Wildman–Crippen MR) is 145 cm³/mol. The molecule has 1 aliphatic heterocycles. The van der Waals surface area contributed by atoms with Gasteiger partial charge in [0, 0.05) is 19.1 Å². The summed E-state index contributed by atoms with van der Waals surface area (Å²) < 4.78 is 67.8. The average molecular weight is 591 g/mol. The van der Waals surface area contributed by atoms with E-state index in [0.717, 1.165) is 22.9 Å². The zero-order valence-corrected chi connectivity index (χ0v) is 23.3. The molecule has 41 heavy (non-hydrogen) atoms. The van der Waals surface area contributed by atoms with Gasteiger partial charge in [0.1, 0.15) is 22.9 Å². The van der Waals surface area contributed by atoms with Crippen LogP contribution in [0.1, 0.15) is 52.0 Å². The predicted octanol–water partition coefficient (Wildman–Crippen LogP) is 4.01. The number of aryl methyl sites for hydroxylation is 2. The van der Waals surface area contributed by atoms with Crippen LogP contribution >= 0.6 is 0 Å². The molecule has 3 aromatic rings. The van der Waals surface area contributed by atoms with Crippen molar-refractivity contribution in [2.45, 2.75) is 50.7 Å². The zero-order chi connectivity index (χ0) is 29.6. The van der Waals surface area contributed by atoms with Gasteiger partial charge in [-0.25, -0.2) is 13.1 Å². The van der Waals surface area contributed by atoms with Gasteiger partial charge in [-0.3, -0.25) is 9.59 Å².